The first-order valence-electron chi connectivity index (χ1n) is 6.42. The normalized spacial score (nSPS) is 12.0. The van der Waals surface area contributed by atoms with Crippen molar-refractivity contribution in [3.05, 3.63) is 63.1 Å². The lowest BCUT2D eigenvalue weighted by atomic mass is 10.1. The number of phenols is 1. The van der Waals surface area contributed by atoms with Crippen LogP contribution < -0.4 is 0 Å². The molecule has 21 heavy (non-hydrogen) atoms. The summed E-state index contributed by atoms with van der Waals surface area (Å²) in [5.74, 6) is -0.0259. The van der Waals surface area contributed by atoms with E-state index in [2.05, 4.69) is 15.9 Å². The summed E-state index contributed by atoms with van der Waals surface area (Å²) in [6.45, 7) is 1.86. The topological polar surface area (TPSA) is 40.5 Å². The van der Waals surface area contributed by atoms with Gasteiger partial charge in [-0.1, -0.05) is 45.7 Å². The number of aromatic hydroxyl groups is 1. The fourth-order valence-corrected chi connectivity index (χ4v) is 2.64. The van der Waals surface area contributed by atoms with Gasteiger partial charge in [-0.15, -0.1) is 0 Å². The zero-order valence-corrected chi connectivity index (χ0v) is 14.0. The van der Waals surface area contributed by atoms with Crippen molar-refractivity contribution in [2.75, 3.05) is 7.05 Å². The second-order valence-corrected chi connectivity index (χ2v) is 6.10. The molecule has 0 fully saturated rings. The monoisotopic (exact) mass is 367 g/mol. The molecular weight excluding hydrogens is 354 g/mol. The Morgan fingerprint density at radius 1 is 1.29 bits per heavy atom. The Balaban J connectivity index is 2.31. The average molecular weight is 369 g/mol. The summed E-state index contributed by atoms with van der Waals surface area (Å²) in [6.07, 6.45) is 0. The number of benzene rings is 2. The number of nitrogens with zero attached hydrogens (tertiary/aromatic N) is 1. The van der Waals surface area contributed by atoms with Crippen molar-refractivity contribution in [2.24, 2.45) is 0 Å². The van der Waals surface area contributed by atoms with Crippen LogP contribution in [0.2, 0.25) is 5.02 Å². The molecule has 0 aliphatic carbocycles. The highest BCUT2D eigenvalue weighted by Crippen LogP contribution is 2.30. The van der Waals surface area contributed by atoms with Crippen LogP contribution in [0.1, 0.15) is 28.9 Å². The van der Waals surface area contributed by atoms with Gasteiger partial charge in [0, 0.05) is 17.1 Å². The lowest BCUT2D eigenvalue weighted by Gasteiger charge is -2.26. The van der Waals surface area contributed by atoms with Gasteiger partial charge in [0.1, 0.15) is 5.75 Å². The molecule has 0 radical (unpaired) electrons. The van der Waals surface area contributed by atoms with Crippen LogP contribution >= 0.6 is 27.5 Å². The van der Waals surface area contributed by atoms with E-state index in [-0.39, 0.29) is 17.7 Å². The Kier molecular flexibility index (Phi) is 4.91. The SMILES string of the molecule is CC(c1ccccc1O)N(C)C(=O)c1cc(Br)ccc1Cl. The predicted molar refractivity (Wildman–Crippen MR) is 87.8 cm³/mol. The second kappa shape index (κ2) is 6.50. The van der Waals surface area contributed by atoms with Crippen LogP contribution in [0.3, 0.4) is 0 Å². The van der Waals surface area contributed by atoms with Gasteiger partial charge < -0.3 is 10.0 Å². The molecule has 2 rings (SSSR count). The van der Waals surface area contributed by atoms with E-state index < -0.39 is 0 Å². The fraction of sp³-hybridized carbons (Fsp3) is 0.188. The minimum Gasteiger partial charge on any atom is -0.508 e. The lowest BCUT2D eigenvalue weighted by molar-refractivity contribution is 0.0741. The molecule has 2 aromatic carbocycles. The molecule has 5 heteroatoms. The van der Waals surface area contributed by atoms with Crippen LogP contribution in [-0.4, -0.2) is 23.0 Å². The number of carbonyl (C=O) groups is 1. The predicted octanol–water partition coefficient (Wildman–Crippen LogP) is 4.64. The summed E-state index contributed by atoms with van der Waals surface area (Å²) in [7, 11) is 1.69. The summed E-state index contributed by atoms with van der Waals surface area (Å²) in [5, 5.41) is 10.3. The Labute approximate surface area is 137 Å². The molecular formula is C16H15BrClNO2. The van der Waals surface area contributed by atoms with Crippen molar-refractivity contribution in [3.63, 3.8) is 0 Å². The molecule has 0 saturated heterocycles. The number of amides is 1. The molecule has 0 aliphatic rings. The number of para-hydroxylation sites is 1. The van der Waals surface area contributed by atoms with E-state index >= 15 is 0 Å². The molecule has 2 aromatic rings. The number of hydrogen-bond donors (Lipinski definition) is 1. The summed E-state index contributed by atoms with van der Waals surface area (Å²) in [5.41, 5.74) is 1.12. The van der Waals surface area contributed by atoms with Gasteiger partial charge in [-0.25, -0.2) is 0 Å². The zero-order chi connectivity index (χ0) is 15.6. The highest BCUT2D eigenvalue weighted by molar-refractivity contribution is 9.10. The molecule has 1 amide bonds. The maximum absolute atomic E-state index is 12.6. The van der Waals surface area contributed by atoms with Crippen molar-refractivity contribution in [3.8, 4) is 5.75 Å². The number of carbonyl (C=O) groups excluding carboxylic acids is 1. The van der Waals surface area contributed by atoms with E-state index in [0.717, 1.165) is 4.47 Å². The smallest absolute Gasteiger partial charge is 0.255 e. The lowest BCUT2D eigenvalue weighted by Crippen LogP contribution is -2.30. The maximum atomic E-state index is 12.6. The third-order valence-electron chi connectivity index (χ3n) is 3.45. The fourth-order valence-electron chi connectivity index (χ4n) is 2.08. The van der Waals surface area contributed by atoms with Crippen molar-refractivity contribution in [2.45, 2.75) is 13.0 Å². The highest BCUT2D eigenvalue weighted by Gasteiger charge is 2.22. The van der Waals surface area contributed by atoms with Gasteiger partial charge in [0.05, 0.1) is 16.6 Å². The molecule has 1 N–H and O–H groups in total. The van der Waals surface area contributed by atoms with Gasteiger partial charge in [-0.05, 0) is 31.2 Å². The molecule has 0 saturated carbocycles. The minimum atomic E-state index is -0.270. The molecule has 1 unspecified atom stereocenters. The van der Waals surface area contributed by atoms with Crippen LogP contribution in [0.5, 0.6) is 5.75 Å². The summed E-state index contributed by atoms with van der Waals surface area (Å²) >= 11 is 9.44. The molecule has 0 aliphatic heterocycles. The number of hydrogen-bond acceptors (Lipinski definition) is 2. The molecule has 3 nitrogen and oxygen atoms in total. The van der Waals surface area contributed by atoms with Crippen molar-refractivity contribution in [1.82, 2.24) is 4.90 Å². The van der Waals surface area contributed by atoms with Crippen LogP contribution in [0, 0.1) is 0 Å². The largest absolute Gasteiger partial charge is 0.508 e. The number of halogens is 2. The van der Waals surface area contributed by atoms with Crippen molar-refractivity contribution < 1.29 is 9.90 Å². The Morgan fingerprint density at radius 3 is 2.62 bits per heavy atom. The van der Waals surface area contributed by atoms with E-state index in [1.807, 2.05) is 13.0 Å². The van der Waals surface area contributed by atoms with Gasteiger partial charge in [-0.2, -0.15) is 0 Å². The quantitative estimate of drug-likeness (QED) is 0.857. The van der Waals surface area contributed by atoms with Crippen LogP contribution in [0.4, 0.5) is 0 Å². The highest BCUT2D eigenvalue weighted by atomic mass is 79.9. The van der Waals surface area contributed by atoms with Crippen molar-refractivity contribution >= 4 is 33.4 Å². The first-order valence-corrected chi connectivity index (χ1v) is 7.59. The Bertz CT molecular complexity index is 675. The standard InChI is InChI=1S/C16H15BrClNO2/c1-10(12-5-3-4-6-15(12)20)19(2)16(21)13-9-11(17)7-8-14(13)18/h3-10,20H,1-2H3. The summed E-state index contributed by atoms with van der Waals surface area (Å²) in [6, 6.07) is 11.9. The first-order chi connectivity index (χ1) is 9.91. The van der Waals surface area contributed by atoms with E-state index in [1.54, 1.807) is 48.3 Å². The van der Waals surface area contributed by atoms with E-state index in [4.69, 9.17) is 11.6 Å². The summed E-state index contributed by atoms with van der Waals surface area (Å²) in [4.78, 5) is 14.1. The number of phenolic OH excluding ortho intramolecular Hbond substituents is 1. The van der Waals surface area contributed by atoms with Gasteiger partial charge >= 0.3 is 0 Å². The molecule has 1 atom stereocenters. The van der Waals surface area contributed by atoms with Crippen molar-refractivity contribution in [1.29, 1.82) is 0 Å². The zero-order valence-electron chi connectivity index (χ0n) is 11.7. The molecule has 0 heterocycles. The summed E-state index contributed by atoms with van der Waals surface area (Å²) < 4.78 is 0.791. The molecule has 0 aromatic heterocycles. The average Bonchev–Trinajstić information content (AvgIpc) is 2.48. The Morgan fingerprint density at radius 2 is 1.95 bits per heavy atom. The van der Waals surface area contributed by atoms with Gasteiger partial charge in [-0.3, -0.25) is 4.79 Å². The van der Waals surface area contributed by atoms with Crippen LogP contribution in [-0.2, 0) is 0 Å². The van der Waals surface area contributed by atoms with E-state index in [9.17, 15) is 9.90 Å². The second-order valence-electron chi connectivity index (χ2n) is 4.78. The van der Waals surface area contributed by atoms with Gasteiger partial charge in [0.2, 0.25) is 0 Å². The molecule has 110 valence electrons. The first kappa shape index (κ1) is 15.9. The van der Waals surface area contributed by atoms with Crippen LogP contribution in [0.15, 0.2) is 46.9 Å². The maximum Gasteiger partial charge on any atom is 0.255 e. The van der Waals surface area contributed by atoms with Gasteiger partial charge in [0.25, 0.3) is 5.91 Å². The number of rotatable bonds is 3. The third kappa shape index (κ3) is 3.39. The third-order valence-corrected chi connectivity index (χ3v) is 4.27. The Hall–Kier alpha value is -1.52. The molecule has 0 bridgehead atoms. The van der Waals surface area contributed by atoms with Gasteiger partial charge in [0.15, 0.2) is 0 Å². The minimum absolute atomic E-state index is 0.171. The van der Waals surface area contributed by atoms with E-state index in [0.29, 0.717) is 16.1 Å². The van der Waals surface area contributed by atoms with E-state index in [1.165, 1.54) is 0 Å². The van der Waals surface area contributed by atoms with Crippen LogP contribution in [0.25, 0.3) is 0 Å². The molecule has 0 spiro atoms.